The van der Waals surface area contributed by atoms with E-state index in [0.29, 0.717) is 0 Å². The topological polar surface area (TPSA) is 274 Å². The highest BCUT2D eigenvalue weighted by Crippen LogP contribution is 2.41. The van der Waals surface area contributed by atoms with E-state index >= 15 is 0 Å². The number of methoxy groups -OCH3 is 2. The monoisotopic (exact) mass is 1170 g/mol. The molecule has 0 aliphatic rings. The van der Waals surface area contributed by atoms with E-state index < -0.39 is 119 Å². The summed E-state index contributed by atoms with van der Waals surface area (Å²) < 4.78 is 183. The highest BCUT2D eigenvalue weighted by molar-refractivity contribution is 5.98. The number of benzene rings is 2. The van der Waals surface area contributed by atoms with Gasteiger partial charge in [0.1, 0.15) is 69.9 Å². The average molecular weight is 1170 g/mol. The zero-order valence-electron chi connectivity index (χ0n) is 42.6. The molecule has 6 heterocycles. The molecule has 2 aromatic carbocycles. The molecule has 436 valence electrons. The molecule has 8 aromatic rings. The minimum atomic E-state index is -4.81. The Hall–Kier alpha value is -8.88. The predicted molar refractivity (Wildman–Crippen MR) is 263 cm³/mol. The van der Waals surface area contributed by atoms with Crippen molar-refractivity contribution >= 4 is 34.5 Å². The number of aliphatic hydroxyl groups is 2. The molecule has 2 amide bonds. The van der Waals surface area contributed by atoms with Gasteiger partial charge in [-0.3, -0.25) is 9.59 Å². The Morgan fingerprint density at radius 2 is 0.927 bits per heavy atom. The van der Waals surface area contributed by atoms with Crippen LogP contribution in [-0.4, -0.2) is 113 Å². The summed E-state index contributed by atoms with van der Waals surface area (Å²) in [5.74, 6) is -4.45. The Bertz CT molecular complexity index is 3350. The van der Waals surface area contributed by atoms with Crippen molar-refractivity contribution < 1.29 is 91.4 Å². The van der Waals surface area contributed by atoms with Crippen molar-refractivity contribution in [1.82, 2.24) is 49.8 Å². The number of hydrogen-bond donors (Lipinski definition) is 6. The molecular weight excluding hydrogens is 1120 g/mol. The summed E-state index contributed by atoms with van der Waals surface area (Å²) >= 11 is 0. The van der Waals surface area contributed by atoms with Gasteiger partial charge in [-0.15, -0.1) is 0 Å². The largest absolute Gasteiger partial charge is 0.480 e. The fourth-order valence-electron chi connectivity index (χ4n) is 8.36. The number of nitrogens with zero attached hydrogens (tertiary/aromatic N) is 8. The number of nitrogens with two attached hydrogens (primary N) is 2. The Balaban J connectivity index is 0.000000236. The minimum Gasteiger partial charge on any atom is -0.480 e. The normalized spacial score (nSPS) is 14.2. The Morgan fingerprint density at radius 1 is 0.585 bits per heavy atom. The number of rotatable bonds is 18. The van der Waals surface area contributed by atoms with Gasteiger partial charge in [-0.05, 0) is 73.5 Å². The number of amides is 2. The SMILES string of the molecule is COc1ncc(-c2cc(C(F)(F)F)c3c(N)ncnn23)cc1C(=O)NCC(C)(O)C(OC(F)F)c1ccc(F)cc1.COc1ncc(-c2cc(C(F)(F)F)c3c(N)ncnn23)cc1C(=O)NCC(C)(O)C(OC(F)F)c1ccc(F)cc1. The van der Waals surface area contributed by atoms with Crippen molar-refractivity contribution in [2.45, 2.75) is 62.8 Å². The van der Waals surface area contributed by atoms with Crippen LogP contribution in [0.4, 0.5) is 64.3 Å². The number of carbonyl (C=O) groups is 2. The third kappa shape index (κ3) is 13.5. The first-order valence-electron chi connectivity index (χ1n) is 23.3. The Morgan fingerprint density at radius 3 is 1.23 bits per heavy atom. The van der Waals surface area contributed by atoms with Crippen LogP contribution in [0.15, 0.2) is 97.8 Å². The van der Waals surface area contributed by atoms with Gasteiger partial charge in [-0.2, -0.15) is 54.1 Å². The quantitative estimate of drug-likeness (QED) is 0.0444. The molecule has 8 N–H and O–H groups in total. The smallest absolute Gasteiger partial charge is 0.418 e. The van der Waals surface area contributed by atoms with E-state index in [-0.39, 0.29) is 56.5 Å². The van der Waals surface area contributed by atoms with Gasteiger partial charge in [0.15, 0.2) is 11.6 Å². The number of pyridine rings is 2. The molecular formula is C50H44F12N12O8. The molecule has 0 radical (unpaired) electrons. The zero-order chi connectivity index (χ0) is 60.2. The first-order chi connectivity index (χ1) is 38.4. The second-order valence-corrected chi connectivity index (χ2v) is 18.0. The molecule has 0 spiro atoms. The van der Waals surface area contributed by atoms with E-state index in [0.717, 1.165) is 109 Å². The van der Waals surface area contributed by atoms with Crippen LogP contribution in [0.3, 0.4) is 0 Å². The molecule has 0 bridgehead atoms. The van der Waals surface area contributed by atoms with Crippen LogP contribution in [0.2, 0.25) is 0 Å². The third-order valence-electron chi connectivity index (χ3n) is 12.1. The van der Waals surface area contributed by atoms with Crippen LogP contribution < -0.4 is 31.6 Å². The number of halogens is 12. The number of anilines is 2. The van der Waals surface area contributed by atoms with Crippen molar-refractivity contribution in [2.75, 3.05) is 38.8 Å². The first-order valence-corrected chi connectivity index (χ1v) is 23.3. The summed E-state index contributed by atoms with van der Waals surface area (Å²) in [6, 6.07) is 12.4. The van der Waals surface area contributed by atoms with Crippen molar-refractivity contribution in [2.24, 2.45) is 0 Å². The zero-order valence-corrected chi connectivity index (χ0v) is 42.6. The highest BCUT2D eigenvalue weighted by atomic mass is 19.4. The lowest BCUT2D eigenvalue weighted by atomic mass is 9.92. The molecule has 6 aromatic heterocycles. The molecule has 0 saturated carbocycles. The van der Waals surface area contributed by atoms with Crippen LogP contribution in [0, 0.1) is 11.6 Å². The summed E-state index contributed by atoms with van der Waals surface area (Å²) in [6.45, 7) is -5.70. The second kappa shape index (κ2) is 24.1. The molecule has 0 aliphatic carbocycles. The molecule has 0 saturated heterocycles. The molecule has 82 heavy (non-hydrogen) atoms. The fraction of sp³-hybridized carbons (Fsp3) is 0.280. The van der Waals surface area contributed by atoms with Crippen LogP contribution in [0.5, 0.6) is 11.8 Å². The van der Waals surface area contributed by atoms with Gasteiger partial charge in [0.25, 0.3) is 11.8 Å². The molecule has 0 aliphatic heterocycles. The van der Waals surface area contributed by atoms with Crippen LogP contribution in [0.1, 0.15) is 69.0 Å². The van der Waals surface area contributed by atoms with Gasteiger partial charge in [-0.1, -0.05) is 24.3 Å². The van der Waals surface area contributed by atoms with E-state index in [4.69, 9.17) is 20.9 Å². The Labute approximate surface area is 453 Å². The lowest BCUT2D eigenvalue weighted by Gasteiger charge is -2.33. The van der Waals surface area contributed by atoms with Gasteiger partial charge in [0, 0.05) is 36.6 Å². The van der Waals surface area contributed by atoms with Crippen molar-refractivity contribution in [3.63, 3.8) is 0 Å². The van der Waals surface area contributed by atoms with E-state index in [1.807, 2.05) is 0 Å². The third-order valence-corrected chi connectivity index (χ3v) is 12.1. The number of fused-ring (bicyclic) bond motifs is 2. The fourth-order valence-corrected chi connectivity index (χ4v) is 8.36. The number of nitrogens with one attached hydrogen (secondary N) is 2. The van der Waals surface area contributed by atoms with Crippen molar-refractivity contribution in [3.8, 4) is 34.3 Å². The van der Waals surface area contributed by atoms with Crippen molar-refractivity contribution in [3.05, 3.63) is 143 Å². The van der Waals surface area contributed by atoms with Gasteiger partial charge in [0.2, 0.25) is 11.8 Å². The summed E-state index contributed by atoms with van der Waals surface area (Å²) in [7, 11) is 2.39. The molecule has 20 nitrogen and oxygen atoms in total. The molecule has 32 heteroatoms. The van der Waals surface area contributed by atoms with Gasteiger partial charge < -0.3 is 51.3 Å². The summed E-state index contributed by atoms with van der Waals surface area (Å²) in [5, 5.41) is 34.4. The Kier molecular flexibility index (Phi) is 17.8. The minimum absolute atomic E-state index is 0.00837. The first kappa shape index (κ1) is 60.8. The van der Waals surface area contributed by atoms with Crippen LogP contribution in [-0.2, 0) is 21.8 Å². The maximum atomic E-state index is 13.7. The number of carbonyl (C=O) groups excluding carboxylic acids is 2. The summed E-state index contributed by atoms with van der Waals surface area (Å²) in [4.78, 5) is 41.5. The van der Waals surface area contributed by atoms with E-state index in [1.54, 1.807) is 0 Å². The standard InChI is InChI=1S/2C25H22F6N6O4/c2*1-24(39,19(41-23(27)28)12-3-5-14(26)6-4-12)10-34-21(38)15-7-13(9-33-22(15)40-2)17-8-16(25(29,30)31)18-20(32)35-11-36-37(17)18/h2*3-9,11,19,23,39H,10H2,1-2H3,(H,34,38)(H2,32,35,36). The number of nitrogen functional groups attached to an aromatic ring is 2. The van der Waals surface area contributed by atoms with Crippen LogP contribution >= 0.6 is 0 Å². The lowest BCUT2D eigenvalue weighted by Crippen LogP contribution is -2.46. The lowest BCUT2D eigenvalue weighted by molar-refractivity contribution is -0.212. The second-order valence-electron chi connectivity index (χ2n) is 18.0. The summed E-state index contributed by atoms with van der Waals surface area (Å²) in [6.07, 6.45) is -8.79. The van der Waals surface area contributed by atoms with E-state index in [2.05, 4.69) is 50.2 Å². The van der Waals surface area contributed by atoms with E-state index in [9.17, 15) is 72.5 Å². The van der Waals surface area contributed by atoms with Crippen molar-refractivity contribution in [1.29, 1.82) is 0 Å². The predicted octanol–water partition coefficient (Wildman–Crippen LogP) is 8.00. The van der Waals surface area contributed by atoms with Gasteiger partial charge in [-0.25, -0.2) is 37.7 Å². The number of aromatic nitrogens is 8. The van der Waals surface area contributed by atoms with E-state index in [1.165, 1.54) is 26.4 Å². The molecule has 0 fully saturated rings. The maximum absolute atomic E-state index is 13.7. The number of ether oxygens (including phenoxy) is 4. The summed E-state index contributed by atoms with van der Waals surface area (Å²) in [5.41, 5.74) is 3.10. The highest BCUT2D eigenvalue weighted by Gasteiger charge is 2.41. The number of alkyl halides is 10. The van der Waals surface area contributed by atoms with Gasteiger partial charge >= 0.3 is 25.6 Å². The van der Waals surface area contributed by atoms with Gasteiger partial charge in [0.05, 0.1) is 36.7 Å². The van der Waals surface area contributed by atoms with Crippen LogP contribution in [0.25, 0.3) is 33.5 Å². The number of hydrogen-bond acceptors (Lipinski definition) is 16. The maximum Gasteiger partial charge on any atom is 0.418 e. The molecule has 8 rings (SSSR count). The average Bonchev–Trinajstić information content (AvgIpc) is 4.24. The molecule has 4 atom stereocenters. The molecule has 4 unspecified atom stereocenters.